The zero-order chi connectivity index (χ0) is 25.8. The molecule has 2 aromatic rings. The van der Waals surface area contributed by atoms with Gasteiger partial charge in [-0.3, -0.25) is 9.59 Å². The van der Waals surface area contributed by atoms with E-state index in [0.717, 1.165) is 38.4 Å². The van der Waals surface area contributed by atoms with Gasteiger partial charge in [-0.05, 0) is 61.6 Å². The maximum atomic E-state index is 13.8. The van der Waals surface area contributed by atoms with Crippen LogP contribution in [0.25, 0.3) is 5.69 Å². The van der Waals surface area contributed by atoms with Crippen LogP contribution in [0.4, 0.5) is 18.9 Å². The fraction of sp³-hybridized carbons (Fsp3) is 0.577. The van der Waals surface area contributed by atoms with E-state index in [9.17, 15) is 22.8 Å². The first-order chi connectivity index (χ1) is 16.9. The summed E-state index contributed by atoms with van der Waals surface area (Å²) in [4.78, 5) is 27.4. The van der Waals surface area contributed by atoms with E-state index in [1.165, 1.54) is 29.7 Å². The number of Topliss-reactive ketones (excluding diaryl/α,β-unsaturated/α-hetero) is 1. The Morgan fingerprint density at radius 1 is 1.17 bits per heavy atom. The zero-order valence-electron chi connectivity index (χ0n) is 20.6. The van der Waals surface area contributed by atoms with Crippen molar-refractivity contribution >= 4 is 17.4 Å². The van der Waals surface area contributed by atoms with Crippen LogP contribution in [0, 0.1) is 11.3 Å². The molecule has 36 heavy (non-hydrogen) atoms. The molecule has 1 amide bonds. The Balaban J connectivity index is 1.48. The van der Waals surface area contributed by atoms with Gasteiger partial charge in [-0.1, -0.05) is 13.8 Å². The van der Waals surface area contributed by atoms with Crippen LogP contribution in [0.5, 0.6) is 0 Å². The number of nitrogens with two attached hydrogens (primary N) is 1. The first-order valence-corrected chi connectivity index (χ1v) is 12.6. The van der Waals surface area contributed by atoms with Crippen LogP contribution in [0.15, 0.2) is 18.2 Å². The van der Waals surface area contributed by atoms with Crippen molar-refractivity contribution in [3.05, 3.63) is 40.7 Å². The second kappa shape index (κ2) is 8.90. The molecule has 7 nitrogen and oxygen atoms in total. The van der Waals surface area contributed by atoms with Gasteiger partial charge >= 0.3 is 6.18 Å². The van der Waals surface area contributed by atoms with E-state index in [2.05, 4.69) is 15.3 Å². The monoisotopic (exact) mass is 503 g/mol. The quantitative estimate of drug-likeness (QED) is 0.608. The Morgan fingerprint density at radius 2 is 1.86 bits per heavy atom. The van der Waals surface area contributed by atoms with Crippen molar-refractivity contribution in [3.8, 4) is 5.69 Å². The lowest BCUT2D eigenvalue weighted by molar-refractivity contribution is -0.141. The second-order valence-corrected chi connectivity index (χ2v) is 11.3. The number of carbonyl (C=O) groups excluding carboxylic acids is 2. The number of amides is 1. The topological polar surface area (TPSA) is 93.2 Å². The standard InChI is InChI=1S/C26H32F3N5O2/c1-25(2)12-20-22(21(35)13-25)23(26(27,28)29)32-34(20)17-5-6-18(24(30)36)19(11-17)31-16-7-9-33(10-8-16)14-15-3-4-15/h5-6,11,15-16,31H,3-4,7-10,12-14H2,1-2H3,(H2,30,36). The summed E-state index contributed by atoms with van der Waals surface area (Å²) in [5.41, 5.74) is 4.96. The van der Waals surface area contributed by atoms with Crippen molar-refractivity contribution in [3.63, 3.8) is 0 Å². The zero-order valence-corrected chi connectivity index (χ0v) is 20.6. The number of aromatic nitrogens is 2. The Hall–Kier alpha value is -2.88. The van der Waals surface area contributed by atoms with Gasteiger partial charge in [0.25, 0.3) is 5.91 Å². The SMILES string of the molecule is CC1(C)CC(=O)c2c(C(F)(F)F)nn(-c3ccc(C(N)=O)c(NC4CCN(CC5CC5)CC4)c3)c2C1. The molecule has 0 bridgehead atoms. The predicted molar refractivity (Wildman–Crippen MR) is 129 cm³/mol. The average Bonchev–Trinajstić information content (AvgIpc) is 3.50. The number of piperidine rings is 1. The van der Waals surface area contributed by atoms with E-state index < -0.39 is 29.0 Å². The van der Waals surface area contributed by atoms with Crippen molar-refractivity contribution < 1.29 is 22.8 Å². The lowest BCUT2D eigenvalue weighted by Crippen LogP contribution is -2.40. The molecule has 0 atom stereocenters. The number of nitrogens with one attached hydrogen (secondary N) is 1. The number of hydrogen-bond donors (Lipinski definition) is 2. The highest BCUT2D eigenvalue weighted by molar-refractivity contribution is 6.00. The highest BCUT2D eigenvalue weighted by atomic mass is 19.4. The number of carbonyl (C=O) groups is 2. The number of benzene rings is 1. The summed E-state index contributed by atoms with van der Waals surface area (Å²) in [6.45, 7) is 6.77. The van der Waals surface area contributed by atoms with Crippen LogP contribution >= 0.6 is 0 Å². The number of rotatable bonds is 6. The van der Waals surface area contributed by atoms with Crippen LogP contribution < -0.4 is 11.1 Å². The third-order valence-electron chi connectivity index (χ3n) is 7.49. The molecule has 2 heterocycles. The first-order valence-electron chi connectivity index (χ1n) is 12.6. The highest BCUT2D eigenvalue weighted by Gasteiger charge is 2.45. The summed E-state index contributed by atoms with van der Waals surface area (Å²) in [5.74, 6) is -0.346. The number of hydrogen-bond acceptors (Lipinski definition) is 5. The van der Waals surface area contributed by atoms with E-state index >= 15 is 0 Å². The molecule has 3 aliphatic rings. The molecule has 0 unspecified atom stereocenters. The minimum Gasteiger partial charge on any atom is -0.382 e. The fourth-order valence-electron chi connectivity index (χ4n) is 5.50. The lowest BCUT2D eigenvalue weighted by Gasteiger charge is -2.33. The van der Waals surface area contributed by atoms with E-state index in [1.54, 1.807) is 6.07 Å². The number of nitrogens with zero attached hydrogens (tertiary/aromatic N) is 3. The summed E-state index contributed by atoms with van der Waals surface area (Å²) in [6, 6.07) is 4.78. The maximum absolute atomic E-state index is 13.8. The van der Waals surface area contributed by atoms with Crippen molar-refractivity contribution in [1.29, 1.82) is 0 Å². The molecule has 1 saturated heterocycles. The van der Waals surface area contributed by atoms with E-state index in [4.69, 9.17) is 5.73 Å². The number of fused-ring (bicyclic) bond motifs is 1. The molecule has 2 fully saturated rings. The minimum atomic E-state index is -4.75. The normalized spacial score (nSPS) is 20.9. The Bertz CT molecular complexity index is 1190. The number of primary amides is 1. The number of ketones is 1. The average molecular weight is 504 g/mol. The van der Waals surface area contributed by atoms with Gasteiger partial charge in [0.05, 0.1) is 22.5 Å². The third-order valence-corrected chi connectivity index (χ3v) is 7.49. The molecule has 10 heteroatoms. The van der Waals surface area contributed by atoms with Crippen molar-refractivity contribution in [2.75, 3.05) is 25.0 Å². The van der Waals surface area contributed by atoms with Gasteiger partial charge in [-0.2, -0.15) is 18.3 Å². The molecule has 1 aromatic heterocycles. The molecule has 1 aromatic carbocycles. The van der Waals surface area contributed by atoms with E-state index in [0.29, 0.717) is 11.4 Å². The Kier molecular flexibility index (Phi) is 6.13. The van der Waals surface area contributed by atoms with Gasteiger partial charge in [0.1, 0.15) is 0 Å². The van der Waals surface area contributed by atoms with E-state index in [1.807, 2.05) is 13.8 Å². The van der Waals surface area contributed by atoms with Gasteiger partial charge in [0, 0.05) is 37.8 Å². The molecule has 1 saturated carbocycles. The van der Waals surface area contributed by atoms with E-state index in [-0.39, 0.29) is 35.7 Å². The summed E-state index contributed by atoms with van der Waals surface area (Å²) < 4.78 is 42.7. The van der Waals surface area contributed by atoms with Crippen LogP contribution in [0.3, 0.4) is 0 Å². The molecule has 194 valence electrons. The number of alkyl halides is 3. The molecular weight excluding hydrogens is 471 g/mol. The Morgan fingerprint density at radius 3 is 2.47 bits per heavy atom. The Labute approximate surface area is 208 Å². The van der Waals surface area contributed by atoms with Crippen molar-refractivity contribution in [2.45, 2.75) is 64.6 Å². The summed E-state index contributed by atoms with van der Waals surface area (Å²) in [7, 11) is 0. The largest absolute Gasteiger partial charge is 0.435 e. The molecule has 3 N–H and O–H groups in total. The van der Waals surface area contributed by atoms with Gasteiger partial charge in [0.15, 0.2) is 11.5 Å². The first kappa shape index (κ1) is 24.8. The lowest BCUT2D eigenvalue weighted by atomic mass is 9.75. The van der Waals surface area contributed by atoms with Crippen LogP contribution in [-0.2, 0) is 12.6 Å². The smallest absolute Gasteiger partial charge is 0.382 e. The summed E-state index contributed by atoms with van der Waals surface area (Å²) in [6.07, 6.45) is -0.0417. The second-order valence-electron chi connectivity index (χ2n) is 11.3. The molecule has 0 radical (unpaired) electrons. The predicted octanol–water partition coefficient (Wildman–Crippen LogP) is 4.43. The van der Waals surface area contributed by atoms with Crippen LogP contribution in [0.1, 0.15) is 78.1 Å². The summed E-state index contributed by atoms with van der Waals surface area (Å²) >= 11 is 0. The fourth-order valence-corrected chi connectivity index (χ4v) is 5.50. The van der Waals surface area contributed by atoms with Gasteiger partial charge in [-0.25, -0.2) is 4.68 Å². The number of likely N-dealkylation sites (tertiary alicyclic amines) is 1. The highest BCUT2D eigenvalue weighted by Crippen LogP contribution is 2.42. The van der Waals surface area contributed by atoms with Gasteiger partial charge < -0.3 is 16.0 Å². The molecule has 1 aliphatic heterocycles. The number of halogens is 3. The van der Waals surface area contributed by atoms with Gasteiger partial charge in [-0.15, -0.1) is 0 Å². The van der Waals surface area contributed by atoms with Crippen LogP contribution in [-0.4, -0.2) is 52.0 Å². The molecule has 2 aliphatic carbocycles. The third kappa shape index (κ3) is 5.00. The molecule has 0 spiro atoms. The maximum Gasteiger partial charge on any atom is 0.435 e. The van der Waals surface area contributed by atoms with Gasteiger partial charge in [0.2, 0.25) is 0 Å². The summed E-state index contributed by atoms with van der Waals surface area (Å²) in [5, 5.41) is 7.29. The van der Waals surface area contributed by atoms with Crippen LogP contribution in [0.2, 0.25) is 0 Å². The van der Waals surface area contributed by atoms with Crippen molar-refractivity contribution in [2.24, 2.45) is 17.1 Å². The molecule has 5 rings (SSSR count). The molecular formula is C26H32F3N5O2. The van der Waals surface area contributed by atoms with Crippen molar-refractivity contribution in [1.82, 2.24) is 14.7 Å². The minimum absolute atomic E-state index is 0.0294. The number of anilines is 1.